The monoisotopic (exact) mass is 417 g/mol. The summed E-state index contributed by atoms with van der Waals surface area (Å²) in [6.07, 6.45) is 6.88. The fraction of sp³-hybridized carbons (Fsp3) is 0.652. The van der Waals surface area contributed by atoms with Crippen LogP contribution in [0.5, 0.6) is 5.75 Å². The lowest BCUT2D eigenvalue weighted by atomic mass is 9.97. The highest BCUT2D eigenvalue weighted by Gasteiger charge is 2.38. The van der Waals surface area contributed by atoms with Crippen LogP contribution in [0, 0.1) is 11.7 Å². The van der Waals surface area contributed by atoms with E-state index >= 15 is 0 Å². The molecule has 1 aromatic rings. The fourth-order valence-corrected chi connectivity index (χ4v) is 5.08. The topological polar surface area (TPSA) is 61.9 Å². The molecule has 6 nitrogen and oxygen atoms in total. The Morgan fingerprint density at radius 3 is 2.63 bits per heavy atom. The van der Waals surface area contributed by atoms with Gasteiger partial charge in [0.05, 0.1) is 19.1 Å². The number of halogens is 1. The first kappa shape index (κ1) is 21.1. The van der Waals surface area contributed by atoms with Gasteiger partial charge in [0.2, 0.25) is 11.8 Å². The number of nitrogens with zero attached hydrogens (tertiary/aromatic N) is 2. The molecule has 0 spiro atoms. The van der Waals surface area contributed by atoms with Crippen LogP contribution in [-0.4, -0.2) is 66.5 Å². The van der Waals surface area contributed by atoms with Gasteiger partial charge in [-0.1, -0.05) is 12.8 Å². The van der Waals surface area contributed by atoms with E-state index in [0.29, 0.717) is 31.5 Å². The zero-order valence-electron chi connectivity index (χ0n) is 17.5. The molecule has 2 atom stereocenters. The molecule has 7 heteroatoms. The summed E-state index contributed by atoms with van der Waals surface area (Å²) in [5.41, 5.74) is 0. The summed E-state index contributed by atoms with van der Waals surface area (Å²) in [7, 11) is 0. The molecule has 1 aromatic carbocycles. The minimum absolute atomic E-state index is 0.00491. The van der Waals surface area contributed by atoms with Gasteiger partial charge < -0.3 is 15.0 Å². The van der Waals surface area contributed by atoms with E-state index in [1.807, 2.05) is 4.90 Å². The van der Waals surface area contributed by atoms with Gasteiger partial charge >= 0.3 is 0 Å². The highest BCUT2D eigenvalue weighted by molar-refractivity contribution is 5.89. The van der Waals surface area contributed by atoms with Gasteiger partial charge in [0.1, 0.15) is 11.6 Å². The molecule has 2 saturated heterocycles. The standard InChI is InChI=1S/C23H32FN3O3/c24-18-7-9-20(10-8-18)30-16-17-4-3-12-26(15-17)22(28)14-21-23(29)25-11-13-27(21)19-5-1-2-6-19/h7-10,17,19,21H,1-6,11-16H2,(H,25,29)/t17-,21+/m1/s1. The summed E-state index contributed by atoms with van der Waals surface area (Å²) in [5, 5.41) is 2.95. The first-order chi connectivity index (χ1) is 14.6. The third kappa shape index (κ3) is 5.12. The van der Waals surface area contributed by atoms with Crippen LogP contribution in [-0.2, 0) is 9.59 Å². The first-order valence-corrected chi connectivity index (χ1v) is 11.3. The Morgan fingerprint density at radius 2 is 1.87 bits per heavy atom. The maximum absolute atomic E-state index is 13.1. The van der Waals surface area contributed by atoms with Crippen molar-refractivity contribution in [3.05, 3.63) is 30.1 Å². The molecule has 2 aliphatic heterocycles. The molecule has 3 aliphatic rings. The molecule has 3 fully saturated rings. The van der Waals surface area contributed by atoms with Gasteiger partial charge in [-0.15, -0.1) is 0 Å². The van der Waals surface area contributed by atoms with Gasteiger partial charge in [-0.2, -0.15) is 0 Å². The van der Waals surface area contributed by atoms with Crippen molar-refractivity contribution >= 4 is 11.8 Å². The maximum atomic E-state index is 13.1. The van der Waals surface area contributed by atoms with Gasteiger partial charge in [-0.25, -0.2) is 4.39 Å². The SMILES string of the molecule is O=C1NCCN(C2CCCC2)[C@H]1CC(=O)N1CCC[C@@H](COc2ccc(F)cc2)C1. The normalized spacial score (nSPS) is 25.9. The number of rotatable bonds is 6. The second kappa shape index (κ2) is 9.77. The lowest BCUT2D eigenvalue weighted by molar-refractivity contribution is -0.141. The van der Waals surface area contributed by atoms with Crippen molar-refractivity contribution < 1.29 is 18.7 Å². The Bertz CT molecular complexity index is 736. The quantitative estimate of drug-likeness (QED) is 0.773. The number of carbonyl (C=O) groups is 2. The smallest absolute Gasteiger partial charge is 0.237 e. The highest BCUT2D eigenvalue weighted by atomic mass is 19.1. The Labute approximate surface area is 177 Å². The van der Waals surface area contributed by atoms with E-state index in [2.05, 4.69) is 10.2 Å². The molecule has 2 amide bonds. The van der Waals surface area contributed by atoms with E-state index in [-0.39, 0.29) is 36.0 Å². The van der Waals surface area contributed by atoms with Crippen molar-refractivity contribution in [1.29, 1.82) is 0 Å². The van der Waals surface area contributed by atoms with Gasteiger partial charge in [0.25, 0.3) is 0 Å². The number of hydrogen-bond donors (Lipinski definition) is 1. The number of carbonyl (C=O) groups excluding carboxylic acids is 2. The lowest BCUT2D eigenvalue weighted by Gasteiger charge is -2.40. The van der Waals surface area contributed by atoms with Crippen molar-refractivity contribution in [1.82, 2.24) is 15.1 Å². The zero-order chi connectivity index (χ0) is 20.9. The van der Waals surface area contributed by atoms with Crippen molar-refractivity contribution in [3.63, 3.8) is 0 Å². The van der Waals surface area contributed by atoms with Crippen LogP contribution < -0.4 is 10.1 Å². The molecule has 1 N–H and O–H groups in total. The number of benzene rings is 1. The Morgan fingerprint density at radius 1 is 1.10 bits per heavy atom. The van der Waals surface area contributed by atoms with Crippen LogP contribution in [0.4, 0.5) is 4.39 Å². The van der Waals surface area contributed by atoms with Crippen molar-refractivity contribution in [2.75, 3.05) is 32.8 Å². The molecule has 1 saturated carbocycles. The van der Waals surface area contributed by atoms with Gasteiger partial charge in [0.15, 0.2) is 0 Å². The average molecular weight is 418 g/mol. The molecule has 0 radical (unpaired) electrons. The number of hydrogen-bond acceptors (Lipinski definition) is 4. The second-order valence-corrected chi connectivity index (χ2v) is 8.80. The largest absolute Gasteiger partial charge is 0.493 e. The molecule has 2 heterocycles. The van der Waals surface area contributed by atoms with Crippen LogP contribution in [0.3, 0.4) is 0 Å². The minimum atomic E-state index is -0.342. The molecular weight excluding hydrogens is 385 g/mol. The molecule has 1 aliphatic carbocycles. The number of piperidine rings is 1. The van der Waals surface area contributed by atoms with E-state index in [1.54, 1.807) is 12.1 Å². The summed E-state index contributed by atoms with van der Waals surface area (Å²) in [6.45, 7) is 3.41. The Kier molecular flexibility index (Phi) is 6.87. The predicted octanol–water partition coefficient (Wildman–Crippen LogP) is 2.58. The van der Waals surface area contributed by atoms with E-state index in [4.69, 9.17) is 4.74 Å². The van der Waals surface area contributed by atoms with Crippen LogP contribution in [0.2, 0.25) is 0 Å². The second-order valence-electron chi connectivity index (χ2n) is 8.80. The van der Waals surface area contributed by atoms with Crippen LogP contribution >= 0.6 is 0 Å². The van der Waals surface area contributed by atoms with E-state index in [9.17, 15) is 14.0 Å². The predicted molar refractivity (Wildman–Crippen MR) is 112 cm³/mol. The number of nitrogens with one attached hydrogen (secondary N) is 1. The number of piperazine rings is 1. The third-order valence-electron chi connectivity index (χ3n) is 6.70. The maximum Gasteiger partial charge on any atom is 0.237 e. The van der Waals surface area contributed by atoms with Gasteiger partial charge in [-0.05, 0) is 49.9 Å². The molecule has 4 rings (SSSR count). The fourth-order valence-electron chi connectivity index (χ4n) is 5.08. The number of amides is 2. The number of likely N-dealkylation sites (tertiary alicyclic amines) is 1. The lowest BCUT2D eigenvalue weighted by Crippen LogP contribution is -2.59. The van der Waals surface area contributed by atoms with E-state index in [1.165, 1.54) is 25.0 Å². The first-order valence-electron chi connectivity index (χ1n) is 11.3. The minimum Gasteiger partial charge on any atom is -0.493 e. The van der Waals surface area contributed by atoms with Crippen LogP contribution in [0.25, 0.3) is 0 Å². The zero-order valence-corrected chi connectivity index (χ0v) is 17.5. The molecular formula is C23H32FN3O3. The molecule has 0 aromatic heterocycles. The van der Waals surface area contributed by atoms with Gasteiger partial charge in [-0.3, -0.25) is 14.5 Å². The summed E-state index contributed by atoms with van der Waals surface area (Å²) < 4.78 is 18.8. The summed E-state index contributed by atoms with van der Waals surface area (Å²) >= 11 is 0. The van der Waals surface area contributed by atoms with Crippen molar-refractivity contribution in [2.45, 2.75) is 57.0 Å². The summed E-state index contributed by atoms with van der Waals surface area (Å²) in [4.78, 5) is 29.8. The molecule has 0 bridgehead atoms. The van der Waals surface area contributed by atoms with Crippen molar-refractivity contribution in [3.8, 4) is 5.75 Å². The third-order valence-corrected chi connectivity index (χ3v) is 6.70. The summed E-state index contributed by atoms with van der Waals surface area (Å²) in [5.74, 6) is 0.668. The molecule has 164 valence electrons. The van der Waals surface area contributed by atoms with E-state index < -0.39 is 0 Å². The van der Waals surface area contributed by atoms with Crippen molar-refractivity contribution in [2.24, 2.45) is 5.92 Å². The van der Waals surface area contributed by atoms with Gasteiger partial charge in [0, 0.05) is 38.1 Å². The summed E-state index contributed by atoms with van der Waals surface area (Å²) in [6, 6.07) is 6.12. The average Bonchev–Trinajstić information content (AvgIpc) is 3.30. The van der Waals surface area contributed by atoms with Crippen LogP contribution in [0.15, 0.2) is 24.3 Å². The highest BCUT2D eigenvalue weighted by Crippen LogP contribution is 2.28. The number of ether oxygens (including phenoxy) is 1. The molecule has 0 unspecified atom stereocenters. The molecule has 30 heavy (non-hydrogen) atoms. The Hall–Kier alpha value is -2.15. The Balaban J connectivity index is 1.31. The van der Waals surface area contributed by atoms with Crippen LogP contribution in [0.1, 0.15) is 44.9 Å². The van der Waals surface area contributed by atoms with E-state index in [0.717, 1.165) is 38.8 Å².